The van der Waals surface area contributed by atoms with Crippen LogP contribution in [0.25, 0.3) is 0 Å². The van der Waals surface area contributed by atoms with Gasteiger partial charge in [0.25, 0.3) is 0 Å². The Morgan fingerprint density at radius 3 is 2.67 bits per heavy atom. The van der Waals surface area contributed by atoms with Crippen LogP contribution in [0, 0.1) is 18.3 Å². The number of anilines is 1. The largest absolute Gasteiger partial charge is 0.388 e. The maximum Gasteiger partial charge on any atom is 0.101 e. The fourth-order valence-corrected chi connectivity index (χ4v) is 2.77. The first-order valence-electron chi connectivity index (χ1n) is 6.48. The number of aliphatic hydroxyl groups is 1. The van der Waals surface area contributed by atoms with Crippen LogP contribution in [0.1, 0.15) is 36.8 Å². The molecular formula is C15H20N2O. The minimum atomic E-state index is -0.578. The van der Waals surface area contributed by atoms with Crippen LogP contribution in [0.15, 0.2) is 18.2 Å². The van der Waals surface area contributed by atoms with E-state index in [1.54, 1.807) is 0 Å². The number of nitriles is 1. The van der Waals surface area contributed by atoms with E-state index >= 15 is 0 Å². The Bertz CT molecular complexity index is 470. The summed E-state index contributed by atoms with van der Waals surface area (Å²) in [4.78, 5) is 2.01. The summed E-state index contributed by atoms with van der Waals surface area (Å²) < 4.78 is 0. The number of likely N-dealkylation sites (N-methyl/N-ethyl adjacent to an activating group) is 1. The van der Waals surface area contributed by atoms with E-state index in [1.807, 2.05) is 37.1 Å². The average molecular weight is 244 g/mol. The zero-order chi connectivity index (χ0) is 13.2. The van der Waals surface area contributed by atoms with Crippen molar-refractivity contribution < 1.29 is 5.11 Å². The summed E-state index contributed by atoms with van der Waals surface area (Å²) in [7, 11) is 1.95. The van der Waals surface area contributed by atoms with Gasteiger partial charge in [-0.1, -0.05) is 18.9 Å². The fraction of sp³-hybridized carbons (Fsp3) is 0.533. The minimum absolute atomic E-state index is 0.578. The normalized spacial score (nSPS) is 17.4. The van der Waals surface area contributed by atoms with Crippen molar-refractivity contribution in [2.75, 3.05) is 18.5 Å². The molecule has 0 aromatic heterocycles. The minimum Gasteiger partial charge on any atom is -0.388 e. The van der Waals surface area contributed by atoms with Gasteiger partial charge in [-0.05, 0) is 37.5 Å². The molecule has 1 aromatic rings. The van der Waals surface area contributed by atoms with Crippen LogP contribution >= 0.6 is 0 Å². The van der Waals surface area contributed by atoms with E-state index in [-0.39, 0.29) is 0 Å². The lowest BCUT2D eigenvalue weighted by Crippen LogP contribution is -2.39. The highest BCUT2D eigenvalue weighted by Gasteiger charge is 2.32. The summed E-state index contributed by atoms with van der Waals surface area (Å²) in [5, 5.41) is 19.6. The standard InChI is InChI=1S/C15H20N2O/c1-12-5-6-13(10-16)14(9-12)17(2)11-15(18)7-3-4-8-15/h5-6,9,18H,3-4,7-8,11H2,1-2H3. The molecule has 1 saturated carbocycles. The Morgan fingerprint density at radius 1 is 1.39 bits per heavy atom. The van der Waals surface area contributed by atoms with Gasteiger partial charge in [-0.3, -0.25) is 0 Å². The first kappa shape index (κ1) is 12.9. The summed E-state index contributed by atoms with van der Waals surface area (Å²) >= 11 is 0. The molecule has 1 aromatic carbocycles. The second-order valence-electron chi connectivity index (χ2n) is 5.42. The number of hydrogen-bond donors (Lipinski definition) is 1. The van der Waals surface area contributed by atoms with Crippen molar-refractivity contribution in [1.82, 2.24) is 0 Å². The van der Waals surface area contributed by atoms with Gasteiger partial charge < -0.3 is 10.0 Å². The number of rotatable bonds is 3. The lowest BCUT2D eigenvalue weighted by molar-refractivity contribution is 0.0559. The van der Waals surface area contributed by atoms with Gasteiger partial charge in [0, 0.05) is 13.6 Å². The molecule has 3 nitrogen and oxygen atoms in total. The molecule has 0 saturated heterocycles. The Hall–Kier alpha value is -1.53. The van der Waals surface area contributed by atoms with Crippen LogP contribution in [0.4, 0.5) is 5.69 Å². The van der Waals surface area contributed by atoms with Crippen molar-refractivity contribution in [3.63, 3.8) is 0 Å². The molecule has 1 fully saturated rings. The van der Waals surface area contributed by atoms with Crippen molar-refractivity contribution in [2.24, 2.45) is 0 Å². The van der Waals surface area contributed by atoms with Gasteiger partial charge in [-0.25, -0.2) is 0 Å². The second kappa shape index (κ2) is 4.99. The summed E-state index contributed by atoms with van der Waals surface area (Å²) in [6, 6.07) is 8.02. The second-order valence-corrected chi connectivity index (χ2v) is 5.42. The van der Waals surface area contributed by atoms with Crippen LogP contribution in [-0.2, 0) is 0 Å². The van der Waals surface area contributed by atoms with E-state index in [0.717, 1.165) is 36.9 Å². The van der Waals surface area contributed by atoms with E-state index in [9.17, 15) is 5.11 Å². The molecule has 0 amide bonds. The third-order valence-corrected chi connectivity index (χ3v) is 3.75. The van der Waals surface area contributed by atoms with Crippen molar-refractivity contribution in [3.05, 3.63) is 29.3 Å². The zero-order valence-corrected chi connectivity index (χ0v) is 11.1. The van der Waals surface area contributed by atoms with E-state index in [4.69, 9.17) is 5.26 Å². The van der Waals surface area contributed by atoms with E-state index in [0.29, 0.717) is 12.1 Å². The molecule has 0 radical (unpaired) electrons. The number of aryl methyl sites for hydroxylation is 1. The van der Waals surface area contributed by atoms with Crippen molar-refractivity contribution >= 4 is 5.69 Å². The molecule has 2 rings (SSSR count). The molecule has 0 heterocycles. The maximum atomic E-state index is 10.4. The van der Waals surface area contributed by atoms with Gasteiger partial charge in [0.1, 0.15) is 6.07 Å². The van der Waals surface area contributed by atoms with E-state index < -0.39 is 5.60 Å². The molecule has 18 heavy (non-hydrogen) atoms. The highest BCUT2D eigenvalue weighted by Crippen LogP contribution is 2.32. The first-order chi connectivity index (χ1) is 8.54. The summed E-state index contributed by atoms with van der Waals surface area (Å²) in [5.41, 5.74) is 2.14. The lowest BCUT2D eigenvalue weighted by Gasteiger charge is -2.30. The van der Waals surface area contributed by atoms with Gasteiger partial charge in [0.05, 0.1) is 16.9 Å². The van der Waals surface area contributed by atoms with Gasteiger partial charge in [-0.2, -0.15) is 5.26 Å². The Balaban J connectivity index is 2.20. The molecule has 0 unspecified atom stereocenters. The number of hydrogen-bond acceptors (Lipinski definition) is 3. The first-order valence-corrected chi connectivity index (χ1v) is 6.48. The molecule has 96 valence electrons. The highest BCUT2D eigenvalue weighted by atomic mass is 16.3. The smallest absolute Gasteiger partial charge is 0.101 e. The molecule has 3 heteroatoms. The van der Waals surface area contributed by atoms with Crippen LogP contribution in [-0.4, -0.2) is 24.3 Å². The fourth-order valence-electron chi connectivity index (χ4n) is 2.77. The average Bonchev–Trinajstić information content (AvgIpc) is 2.75. The quantitative estimate of drug-likeness (QED) is 0.889. The van der Waals surface area contributed by atoms with E-state index in [2.05, 4.69) is 6.07 Å². The summed E-state index contributed by atoms with van der Waals surface area (Å²) in [5.74, 6) is 0. The molecule has 1 aliphatic rings. The molecule has 0 spiro atoms. The molecule has 0 atom stereocenters. The predicted molar refractivity (Wildman–Crippen MR) is 72.6 cm³/mol. The summed E-state index contributed by atoms with van der Waals surface area (Å²) in [6.07, 6.45) is 3.93. The topological polar surface area (TPSA) is 47.3 Å². The number of nitrogens with zero attached hydrogens (tertiary/aromatic N) is 2. The van der Waals surface area contributed by atoms with Gasteiger partial charge in [-0.15, -0.1) is 0 Å². The monoisotopic (exact) mass is 244 g/mol. The van der Waals surface area contributed by atoms with Crippen LogP contribution in [0.5, 0.6) is 0 Å². The third kappa shape index (κ3) is 2.65. The van der Waals surface area contributed by atoms with Crippen molar-refractivity contribution in [2.45, 2.75) is 38.2 Å². The maximum absolute atomic E-state index is 10.4. The Morgan fingerprint density at radius 2 is 2.06 bits per heavy atom. The van der Waals surface area contributed by atoms with Crippen LogP contribution < -0.4 is 4.90 Å². The van der Waals surface area contributed by atoms with E-state index in [1.165, 1.54) is 0 Å². The van der Waals surface area contributed by atoms with Crippen LogP contribution in [0.2, 0.25) is 0 Å². The van der Waals surface area contributed by atoms with Crippen LogP contribution in [0.3, 0.4) is 0 Å². The number of benzene rings is 1. The lowest BCUT2D eigenvalue weighted by atomic mass is 10.0. The molecule has 0 bridgehead atoms. The van der Waals surface area contributed by atoms with Crippen molar-refractivity contribution in [3.8, 4) is 6.07 Å². The molecule has 1 N–H and O–H groups in total. The zero-order valence-electron chi connectivity index (χ0n) is 11.1. The Labute approximate surface area is 109 Å². The molecule has 0 aliphatic heterocycles. The summed E-state index contributed by atoms with van der Waals surface area (Å²) in [6.45, 7) is 2.62. The van der Waals surface area contributed by atoms with Gasteiger partial charge in [0.2, 0.25) is 0 Å². The van der Waals surface area contributed by atoms with Gasteiger partial charge >= 0.3 is 0 Å². The molecular weight excluding hydrogens is 224 g/mol. The third-order valence-electron chi connectivity index (χ3n) is 3.75. The molecule has 1 aliphatic carbocycles. The highest BCUT2D eigenvalue weighted by molar-refractivity contribution is 5.60. The van der Waals surface area contributed by atoms with Gasteiger partial charge in [0.15, 0.2) is 0 Å². The SMILES string of the molecule is Cc1ccc(C#N)c(N(C)CC2(O)CCCC2)c1. The predicted octanol–water partition coefficient (Wildman–Crippen LogP) is 2.61. The Kier molecular flexibility index (Phi) is 3.58. The van der Waals surface area contributed by atoms with Crippen molar-refractivity contribution in [1.29, 1.82) is 5.26 Å².